The van der Waals surface area contributed by atoms with Crippen LogP contribution in [-0.4, -0.2) is 56.0 Å². The molecule has 9 nitrogen and oxygen atoms in total. The van der Waals surface area contributed by atoms with Gasteiger partial charge in [-0.25, -0.2) is 8.42 Å². The lowest BCUT2D eigenvalue weighted by atomic mass is 10.2. The molecule has 11 heteroatoms. The van der Waals surface area contributed by atoms with Gasteiger partial charge in [0, 0.05) is 18.7 Å². The molecular formula is C25H31N3O6S2. The molecule has 1 aromatic heterocycles. The number of benzene rings is 2. The molecule has 3 rings (SSSR count). The number of nitrogens with zero attached hydrogens (tertiary/aromatic N) is 3. The molecule has 0 fully saturated rings. The molecule has 2 aromatic carbocycles. The van der Waals surface area contributed by atoms with Crippen molar-refractivity contribution < 1.29 is 27.5 Å². The van der Waals surface area contributed by atoms with E-state index in [0.717, 1.165) is 17.5 Å². The normalized spacial score (nSPS) is 12.3. The van der Waals surface area contributed by atoms with E-state index in [9.17, 15) is 18.0 Å². The summed E-state index contributed by atoms with van der Waals surface area (Å²) in [7, 11) is -2.12. The average molecular weight is 534 g/mol. The maximum absolute atomic E-state index is 13.0. The fourth-order valence-electron chi connectivity index (χ4n) is 3.68. The third kappa shape index (κ3) is 6.03. The van der Waals surface area contributed by atoms with Gasteiger partial charge in [-0.05, 0) is 49.7 Å². The fraction of sp³-hybridized carbons (Fsp3) is 0.400. The van der Waals surface area contributed by atoms with Gasteiger partial charge in [0.1, 0.15) is 17.8 Å². The number of hydrogen-bond acceptors (Lipinski definition) is 7. The quantitative estimate of drug-likeness (QED) is 0.347. The number of ether oxygens (including phenoxy) is 2. The summed E-state index contributed by atoms with van der Waals surface area (Å²) in [5.41, 5.74) is 0.871. The third-order valence-electron chi connectivity index (χ3n) is 5.53. The van der Waals surface area contributed by atoms with E-state index in [2.05, 4.69) is 4.99 Å². The van der Waals surface area contributed by atoms with Crippen LogP contribution in [0.25, 0.3) is 10.2 Å². The van der Waals surface area contributed by atoms with Crippen LogP contribution >= 0.6 is 11.3 Å². The average Bonchev–Trinajstić information content (AvgIpc) is 3.21. The molecule has 36 heavy (non-hydrogen) atoms. The first-order valence-electron chi connectivity index (χ1n) is 11.8. The minimum Gasteiger partial charge on any atom is -0.495 e. The van der Waals surface area contributed by atoms with Gasteiger partial charge in [0.25, 0.3) is 5.91 Å². The van der Waals surface area contributed by atoms with E-state index in [1.807, 2.05) is 19.1 Å². The zero-order valence-electron chi connectivity index (χ0n) is 20.9. The van der Waals surface area contributed by atoms with Crippen LogP contribution in [0.1, 0.15) is 44.0 Å². The number of para-hydroxylation sites is 1. The molecule has 0 N–H and O–H groups in total. The first-order valence-corrected chi connectivity index (χ1v) is 14.0. The molecule has 0 spiro atoms. The number of aromatic nitrogens is 1. The largest absolute Gasteiger partial charge is 0.495 e. The fourth-order valence-corrected chi connectivity index (χ4v) is 6.22. The van der Waals surface area contributed by atoms with Gasteiger partial charge in [0.15, 0.2) is 4.80 Å². The highest BCUT2D eigenvalue weighted by Crippen LogP contribution is 2.27. The Hall–Kier alpha value is -3.02. The number of carbonyl (C=O) groups is 2. The lowest BCUT2D eigenvalue weighted by molar-refractivity contribution is -0.143. The van der Waals surface area contributed by atoms with E-state index in [0.29, 0.717) is 29.2 Å². The molecule has 0 aliphatic rings. The monoisotopic (exact) mass is 533 g/mol. The number of fused-ring (bicyclic) bond motifs is 1. The number of sulfonamides is 1. The van der Waals surface area contributed by atoms with Crippen LogP contribution in [-0.2, 0) is 26.1 Å². The zero-order chi connectivity index (χ0) is 26.3. The van der Waals surface area contributed by atoms with Crippen LogP contribution < -0.4 is 9.54 Å². The Kier molecular flexibility index (Phi) is 9.41. The number of unbranched alkanes of at least 4 members (excludes halogenated alkanes) is 1. The smallest absolute Gasteiger partial charge is 0.326 e. The second-order valence-corrected chi connectivity index (χ2v) is 10.8. The molecule has 0 saturated carbocycles. The molecule has 0 aliphatic carbocycles. The number of carbonyl (C=O) groups excluding carboxylic acids is 2. The van der Waals surface area contributed by atoms with Crippen molar-refractivity contribution in [1.82, 2.24) is 8.87 Å². The highest BCUT2D eigenvalue weighted by molar-refractivity contribution is 7.89. The second-order valence-electron chi connectivity index (χ2n) is 7.87. The van der Waals surface area contributed by atoms with Crippen LogP contribution in [0.2, 0.25) is 0 Å². The van der Waals surface area contributed by atoms with Crippen molar-refractivity contribution in [2.75, 3.05) is 26.8 Å². The standard InChI is InChI=1S/C25H31N3O6S2/c1-5-8-16-27(6-2)36(31,32)19-14-12-18(13-15-19)24(30)26-25-28(17-22(29)34-7-3)23-20(33-4)10-9-11-21(23)35-25/h9-15H,5-8,16-17H2,1-4H3. The Balaban J connectivity index is 1.99. The van der Waals surface area contributed by atoms with Crippen LogP contribution in [0.4, 0.5) is 0 Å². The van der Waals surface area contributed by atoms with Gasteiger partial charge in [-0.1, -0.05) is 37.7 Å². The summed E-state index contributed by atoms with van der Waals surface area (Å²) < 4.78 is 40.3. The van der Waals surface area contributed by atoms with Gasteiger partial charge in [-0.2, -0.15) is 9.30 Å². The number of methoxy groups -OCH3 is 1. The van der Waals surface area contributed by atoms with Crippen molar-refractivity contribution in [2.24, 2.45) is 4.99 Å². The Morgan fingerprint density at radius 1 is 1.08 bits per heavy atom. The summed E-state index contributed by atoms with van der Waals surface area (Å²) in [4.78, 5) is 30.0. The topological polar surface area (TPSA) is 107 Å². The van der Waals surface area contributed by atoms with Crippen molar-refractivity contribution in [3.63, 3.8) is 0 Å². The predicted molar refractivity (Wildman–Crippen MR) is 139 cm³/mol. The molecule has 0 atom stereocenters. The van der Waals surface area contributed by atoms with Crippen LogP contribution in [0.15, 0.2) is 52.4 Å². The Morgan fingerprint density at radius 3 is 2.42 bits per heavy atom. The minimum absolute atomic E-state index is 0.126. The number of amides is 1. The first kappa shape index (κ1) is 27.6. The van der Waals surface area contributed by atoms with Gasteiger partial charge < -0.3 is 14.0 Å². The molecule has 0 radical (unpaired) electrons. The zero-order valence-corrected chi connectivity index (χ0v) is 22.5. The van der Waals surface area contributed by atoms with Crippen molar-refractivity contribution in [1.29, 1.82) is 0 Å². The van der Waals surface area contributed by atoms with E-state index < -0.39 is 21.9 Å². The molecule has 1 heterocycles. The Labute approximate surface area is 215 Å². The highest BCUT2D eigenvalue weighted by Gasteiger charge is 2.23. The summed E-state index contributed by atoms with van der Waals surface area (Å²) >= 11 is 1.24. The van der Waals surface area contributed by atoms with Crippen molar-refractivity contribution in [3.8, 4) is 5.75 Å². The first-order chi connectivity index (χ1) is 17.3. The third-order valence-corrected chi connectivity index (χ3v) is 8.56. The summed E-state index contributed by atoms with van der Waals surface area (Å²) in [5.74, 6) is -0.476. The van der Waals surface area contributed by atoms with Gasteiger partial charge in [-0.15, -0.1) is 0 Å². The Morgan fingerprint density at radius 2 is 1.81 bits per heavy atom. The Bertz CT molecular complexity index is 1390. The summed E-state index contributed by atoms with van der Waals surface area (Å²) in [5, 5.41) is 0. The van der Waals surface area contributed by atoms with Gasteiger partial charge >= 0.3 is 5.97 Å². The maximum atomic E-state index is 13.0. The van der Waals surface area contributed by atoms with Gasteiger partial charge in [0.2, 0.25) is 10.0 Å². The lowest BCUT2D eigenvalue weighted by Gasteiger charge is -2.20. The molecule has 0 saturated heterocycles. The van der Waals surface area contributed by atoms with E-state index in [1.54, 1.807) is 24.5 Å². The van der Waals surface area contributed by atoms with E-state index in [1.165, 1.54) is 47.0 Å². The number of thiazole rings is 1. The predicted octanol–water partition coefficient (Wildman–Crippen LogP) is 3.83. The highest BCUT2D eigenvalue weighted by atomic mass is 32.2. The van der Waals surface area contributed by atoms with Crippen molar-refractivity contribution >= 4 is 43.5 Å². The second kappa shape index (κ2) is 12.3. The SMILES string of the molecule is CCCCN(CC)S(=O)(=O)c1ccc(C(=O)N=c2sc3cccc(OC)c3n2CC(=O)OCC)cc1. The lowest BCUT2D eigenvalue weighted by Crippen LogP contribution is -2.31. The molecular weight excluding hydrogens is 502 g/mol. The molecule has 194 valence electrons. The van der Waals surface area contributed by atoms with Crippen LogP contribution in [0.3, 0.4) is 0 Å². The summed E-state index contributed by atoms with van der Waals surface area (Å²) in [6, 6.07) is 11.2. The number of rotatable bonds is 11. The summed E-state index contributed by atoms with van der Waals surface area (Å²) in [6.07, 6.45) is 1.66. The number of hydrogen-bond donors (Lipinski definition) is 0. The van der Waals surface area contributed by atoms with E-state index in [4.69, 9.17) is 9.47 Å². The van der Waals surface area contributed by atoms with Gasteiger partial charge in [-0.3, -0.25) is 9.59 Å². The van der Waals surface area contributed by atoms with Crippen LogP contribution in [0.5, 0.6) is 5.75 Å². The summed E-state index contributed by atoms with van der Waals surface area (Å²) in [6.45, 7) is 6.44. The van der Waals surface area contributed by atoms with Crippen molar-refractivity contribution in [2.45, 2.75) is 45.1 Å². The maximum Gasteiger partial charge on any atom is 0.326 e. The number of esters is 1. The molecule has 0 unspecified atom stereocenters. The molecule has 0 aliphatic heterocycles. The molecule has 3 aromatic rings. The van der Waals surface area contributed by atoms with E-state index in [-0.39, 0.29) is 23.6 Å². The van der Waals surface area contributed by atoms with Crippen molar-refractivity contribution in [3.05, 3.63) is 52.8 Å². The molecule has 1 amide bonds. The molecule has 0 bridgehead atoms. The minimum atomic E-state index is -3.65. The van der Waals surface area contributed by atoms with Crippen LogP contribution in [0, 0.1) is 0 Å². The van der Waals surface area contributed by atoms with Gasteiger partial charge in [0.05, 0.1) is 23.3 Å². The van der Waals surface area contributed by atoms with E-state index >= 15 is 0 Å².